The Balaban J connectivity index is 1.49. The molecule has 1 saturated heterocycles. The van der Waals surface area contributed by atoms with Gasteiger partial charge in [-0.3, -0.25) is 9.69 Å². The zero-order chi connectivity index (χ0) is 23.4. The van der Waals surface area contributed by atoms with E-state index in [9.17, 15) is 14.7 Å². The second-order valence-electron chi connectivity index (χ2n) is 7.13. The molecule has 0 radical (unpaired) electrons. The normalized spacial score (nSPS) is 15.7. The summed E-state index contributed by atoms with van der Waals surface area (Å²) in [6, 6.07) is 21.8. The lowest BCUT2D eigenvalue weighted by Gasteiger charge is -2.27. The standard InChI is InChI=1S/C25H18ClNO4S2/c26-20-9-5-4-8-18(20)15-31-19-12-10-16(11-13-19)14-21-23(28)27(25(32)33-21)22(24(29)30)17-6-2-1-3-7-17/h1-14,22H,15H2,(H,29,30)/p-1/b21-14+/t22-/m1/s1. The van der Waals surface area contributed by atoms with Gasteiger partial charge in [0.1, 0.15) is 22.7 Å². The molecule has 33 heavy (non-hydrogen) atoms. The first-order valence-corrected chi connectivity index (χ1v) is 11.5. The van der Waals surface area contributed by atoms with Gasteiger partial charge in [-0.2, -0.15) is 0 Å². The van der Waals surface area contributed by atoms with Crippen molar-refractivity contribution in [2.24, 2.45) is 0 Å². The predicted molar refractivity (Wildman–Crippen MR) is 131 cm³/mol. The highest BCUT2D eigenvalue weighted by molar-refractivity contribution is 8.26. The first kappa shape index (κ1) is 23.0. The molecule has 3 aromatic rings. The molecule has 3 aromatic carbocycles. The van der Waals surface area contributed by atoms with Crippen LogP contribution in [0.3, 0.4) is 0 Å². The fourth-order valence-corrected chi connectivity index (χ4v) is 4.82. The van der Waals surface area contributed by atoms with Crippen molar-refractivity contribution in [3.63, 3.8) is 0 Å². The highest BCUT2D eigenvalue weighted by atomic mass is 35.5. The third-order valence-corrected chi connectivity index (χ3v) is 6.65. The van der Waals surface area contributed by atoms with Crippen molar-refractivity contribution in [2.45, 2.75) is 12.6 Å². The molecule has 5 nitrogen and oxygen atoms in total. The van der Waals surface area contributed by atoms with Crippen LogP contribution in [0.25, 0.3) is 6.08 Å². The monoisotopic (exact) mass is 494 g/mol. The average Bonchev–Trinajstić information content (AvgIpc) is 3.08. The molecular weight excluding hydrogens is 478 g/mol. The molecule has 8 heteroatoms. The van der Waals surface area contributed by atoms with E-state index in [1.165, 1.54) is 0 Å². The number of carbonyl (C=O) groups is 2. The number of benzene rings is 3. The molecule has 0 aromatic heterocycles. The quantitative estimate of drug-likeness (QED) is 0.353. The van der Waals surface area contributed by atoms with Gasteiger partial charge in [-0.1, -0.05) is 96.2 Å². The summed E-state index contributed by atoms with van der Waals surface area (Å²) in [5.74, 6) is -1.21. The van der Waals surface area contributed by atoms with E-state index in [1.807, 2.05) is 36.4 Å². The third kappa shape index (κ3) is 5.27. The minimum atomic E-state index is -1.39. The molecule has 1 atom stereocenters. The van der Waals surface area contributed by atoms with E-state index in [1.54, 1.807) is 48.5 Å². The van der Waals surface area contributed by atoms with Crippen LogP contribution in [-0.4, -0.2) is 21.1 Å². The van der Waals surface area contributed by atoms with Crippen molar-refractivity contribution in [1.29, 1.82) is 0 Å². The number of hydrogen-bond acceptors (Lipinski definition) is 6. The molecule has 0 saturated carbocycles. The van der Waals surface area contributed by atoms with Crippen molar-refractivity contribution in [2.75, 3.05) is 0 Å². The number of halogens is 1. The molecular formula is C25H17ClNO4S2-. The van der Waals surface area contributed by atoms with E-state index in [4.69, 9.17) is 28.6 Å². The molecule has 1 fully saturated rings. The number of rotatable bonds is 7. The van der Waals surface area contributed by atoms with Crippen LogP contribution in [0.2, 0.25) is 5.02 Å². The van der Waals surface area contributed by atoms with Gasteiger partial charge in [0.25, 0.3) is 5.91 Å². The molecule has 0 unspecified atom stereocenters. The Morgan fingerprint density at radius 2 is 1.73 bits per heavy atom. The van der Waals surface area contributed by atoms with Crippen molar-refractivity contribution in [1.82, 2.24) is 4.90 Å². The summed E-state index contributed by atoms with van der Waals surface area (Å²) in [5, 5.41) is 12.5. The minimum Gasteiger partial charge on any atom is -0.547 e. The van der Waals surface area contributed by atoms with E-state index in [0.717, 1.165) is 27.8 Å². The van der Waals surface area contributed by atoms with Gasteiger partial charge in [0.05, 0.1) is 10.9 Å². The van der Waals surface area contributed by atoms with Gasteiger partial charge in [0, 0.05) is 10.6 Å². The van der Waals surface area contributed by atoms with Crippen LogP contribution in [0.1, 0.15) is 22.7 Å². The zero-order valence-corrected chi connectivity index (χ0v) is 19.5. The highest BCUT2D eigenvalue weighted by Gasteiger charge is 2.38. The molecule has 166 valence electrons. The number of aliphatic carboxylic acids is 1. The molecule has 0 N–H and O–H groups in total. The maximum atomic E-state index is 13.0. The van der Waals surface area contributed by atoms with Crippen LogP contribution >= 0.6 is 35.6 Å². The number of ether oxygens (including phenoxy) is 1. The topological polar surface area (TPSA) is 69.7 Å². The number of thiocarbonyl (C=S) groups is 1. The molecule has 4 rings (SSSR count). The lowest BCUT2D eigenvalue weighted by molar-refractivity contribution is -0.310. The Bertz CT molecular complexity index is 1230. The van der Waals surface area contributed by atoms with Crippen LogP contribution in [0.5, 0.6) is 5.75 Å². The number of carboxylic acids is 1. The number of nitrogens with zero attached hydrogens (tertiary/aromatic N) is 1. The van der Waals surface area contributed by atoms with Crippen LogP contribution in [0.15, 0.2) is 83.8 Å². The Hall–Kier alpha value is -3.13. The first-order chi connectivity index (χ1) is 15.9. The fraction of sp³-hybridized carbons (Fsp3) is 0.0800. The van der Waals surface area contributed by atoms with Gasteiger partial charge < -0.3 is 14.6 Å². The first-order valence-electron chi connectivity index (χ1n) is 9.93. The van der Waals surface area contributed by atoms with Gasteiger partial charge >= 0.3 is 0 Å². The summed E-state index contributed by atoms with van der Waals surface area (Å²) in [6.45, 7) is 0.335. The maximum Gasteiger partial charge on any atom is 0.267 e. The summed E-state index contributed by atoms with van der Waals surface area (Å²) in [6.07, 6.45) is 1.68. The van der Waals surface area contributed by atoms with Crippen molar-refractivity contribution in [3.05, 3.63) is 105 Å². The van der Waals surface area contributed by atoms with Crippen molar-refractivity contribution < 1.29 is 19.4 Å². The summed E-state index contributed by atoms with van der Waals surface area (Å²) < 4.78 is 5.95. The van der Waals surface area contributed by atoms with Gasteiger partial charge in [-0.05, 0) is 35.4 Å². The van der Waals surface area contributed by atoms with Crippen LogP contribution < -0.4 is 9.84 Å². The van der Waals surface area contributed by atoms with Gasteiger partial charge in [-0.25, -0.2) is 0 Å². The largest absolute Gasteiger partial charge is 0.547 e. The van der Waals surface area contributed by atoms with E-state index in [2.05, 4.69) is 0 Å². The van der Waals surface area contributed by atoms with Crippen LogP contribution in [-0.2, 0) is 16.2 Å². The molecule has 1 aliphatic rings. The molecule has 0 spiro atoms. The zero-order valence-electron chi connectivity index (χ0n) is 17.1. The van der Waals surface area contributed by atoms with Gasteiger partial charge in [-0.15, -0.1) is 0 Å². The Morgan fingerprint density at radius 1 is 1.06 bits per heavy atom. The second kappa shape index (κ2) is 10.2. The predicted octanol–water partition coefficient (Wildman–Crippen LogP) is 4.61. The summed E-state index contributed by atoms with van der Waals surface area (Å²) in [7, 11) is 0. The average molecular weight is 495 g/mol. The van der Waals surface area contributed by atoms with Crippen molar-refractivity contribution in [3.8, 4) is 5.75 Å². The number of hydrogen-bond donors (Lipinski definition) is 0. The number of carbonyl (C=O) groups excluding carboxylic acids is 2. The lowest BCUT2D eigenvalue weighted by atomic mass is 10.1. The number of thioether (sulfide) groups is 1. The molecule has 1 heterocycles. The Morgan fingerprint density at radius 3 is 2.39 bits per heavy atom. The smallest absolute Gasteiger partial charge is 0.267 e. The fourth-order valence-electron chi connectivity index (χ4n) is 3.32. The van der Waals surface area contributed by atoms with Gasteiger partial charge in [0.15, 0.2) is 0 Å². The summed E-state index contributed by atoms with van der Waals surface area (Å²) in [5.41, 5.74) is 2.06. The Labute approximate surface area is 205 Å². The SMILES string of the molecule is O=C([O-])[C@@H](c1ccccc1)N1C(=O)/C(=C\c2ccc(OCc3ccccc3Cl)cc2)SC1=S. The van der Waals surface area contributed by atoms with Gasteiger partial charge in [0.2, 0.25) is 0 Å². The van der Waals surface area contributed by atoms with Crippen molar-refractivity contribution >= 4 is 57.9 Å². The maximum absolute atomic E-state index is 13.0. The lowest BCUT2D eigenvalue weighted by Crippen LogP contribution is -2.43. The minimum absolute atomic E-state index is 0.170. The van der Waals surface area contributed by atoms with E-state index in [0.29, 0.717) is 27.8 Å². The van der Waals surface area contributed by atoms with Crippen LogP contribution in [0, 0.1) is 0 Å². The van der Waals surface area contributed by atoms with E-state index >= 15 is 0 Å². The molecule has 0 bridgehead atoms. The molecule has 1 amide bonds. The Kier molecular flexibility index (Phi) is 7.13. The molecule has 0 aliphatic carbocycles. The summed E-state index contributed by atoms with van der Waals surface area (Å²) >= 11 is 12.5. The number of carboxylic acid groups (broad SMARTS) is 1. The van der Waals surface area contributed by atoms with Crippen LogP contribution in [0.4, 0.5) is 0 Å². The third-order valence-electron chi connectivity index (χ3n) is 4.95. The highest BCUT2D eigenvalue weighted by Crippen LogP contribution is 2.38. The molecule has 1 aliphatic heterocycles. The number of amides is 1. The second-order valence-corrected chi connectivity index (χ2v) is 9.22. The summed E-state index contributed by atoms with van der Waals surface area (Å²) in [4.78, 5) is 26.3. The van der Waals surface area contributed by atoms with E-state index in [-0.39, 0.29) is 4.32 Å². The van der Waals surface area contributed by atoms with E-state index < -0.39 is 17.9 Å².